The lowest BCUT2D eigenvalue weighted by molar-refractivity contribution is 0.0697. The molecule has 0 unspecified atom stereocenters. The number of hydrogen-bond acceptors (Lipinski definition) is 5. The normalized spacial score (nSPS) is 11.1. The first kappa shape index (κ1) is 20.4. The minimum Gasteiger partial charge on any atom is -0.494 e. The van der Waals surface area contributed by atoms with Gasteiger partial charge in [0, 0.05) is 6.21 Å². The predicted octanol–water partition coefficient (Wildman–Crippen LogP) is 3.71. The van der Waals surface area contributed by atoms with Gasteiger partial charge in [0.15, 0.2) is 4.77 Å². The summed E-state index contributed by atoms with van der Waals surface area (Å²) in [6, 6.07) is 9.79. The molecule has 7 nitrogen and oxygen atoms in total. The number of aliphatic imine (C=N–C) groups is 1. The molecule has 0 amide bonds. The minimum atomic E-state index is -1.04. The Morgan fingerprint density at radius 2 is 1.97 bits per heavy atom. The lowest BCUT2D eigenvalue weighted by Gasteiger charge is -2.11. The van der Waals surface area contributed by atoms with Crippen LogP contribution in [-0.2, 0) is 6.54 Å². The SMILES string of the molecule is O=C(O)c1ccc(CN=Cc2c(O)n(-c3ccc(F)c(Cl)c3)c(=S)[nH]c2=O)cc1. The van der Waals surface area contributed by atoms with Crippen LogP contribution >= 0.6 is 23.8 Å². The second kappa shape index (κ2) is 8.38. The summed E-state index contributed by atoms with van der Waals surface area (Å²) in [7, 11) is 0. The maximum absolute atomic E-state index is 13.4. The number of nitrogens with one attached hydrogen (secondary N) is 1. The number of hydrogen-bond donors (Lipinski definition) is 3. The highest BCUT2D eigenvalue weighted by molar-refractivity contribution is 7.71. The molecular formula is C19H13ClFN3O4S. The summed E-state index contributed by atoms with van der Waals surface area (Å²) in [4.78, 5) is 29.6. The number of aromatic hydroxyl groups is 1. The van der Waals surface area contributed by atoms with Crippen molar-refractivity contribution in [3.05, 3.63) is 85.1 Å². The Labute approximate surface area is 173 Å². The van der Waals surface area contributed by atoms with Crippen molar-refractivity contribution in [3.63, 3.8) is 0 Å². The zero-order chi connectivity index (χ0) is 21.1. The van der Waals surface area contributed by atoms with Crippen LogP contribution in [0.4, 0.5) is 4.39 Å². The average Bonchev–Trinajstić information content (AvgIpc) is 2.67. The third-order valence-corrected chi connectivity index (χ3v) is 4.55. The van der Waals surface area contributed by atoms with Crippen LogP contribution in [0, 0.1) is 10.6 Å². The molecule has 10 heteroatoms. The summed E-state index contributed by atoms with van der Waals surface area (Å²) >= 11 is 10.9. The van der Waals surface area contributed by atoms with Gasteiger partial charge in [-0.15, -0.1) is 0 Å². The van der Waals surface area contributed by atoms with E-state index in [1.807, 2.05) is 0 Å². The zero-order valence-electron chi connectivity index (χ0n) is 14.6. The molecule has 0 atom stereocenters. The van der Waals surface area contributed by atoms with Crippen molar-refractivity contribution in [2.75, 3.05) is 0 Å². The Morgan fingerprint density at radius 3 is 2.59 bits per heavy atom. The van der Waals surface area contributed by atoms with E-state index in [4.69, 9.17) is 28.9 Å². The van der Waals surface area contributed by atoms with Crippen molar-refractivity contribution in [3.8, 4) is 11.6 Å². The average molecular weight is 434 g/mol. The fourth-order valence-electron chi connectivity index (χ4n) is 2.51. The maximum Gasteiger partial charge on any atom is 0.335 e. The Kier molecular flexibility index (Phi) is 5.90. The fraction of sp³-hybridized carbons (Fsp3) is 0.0526. The van der Waals surface area contributed by atoms with E-state index in [-0.39, 0.29) is 33.2 Å². The lowest BCUT2D eigenvalue weighted by Crippen LogP contribution is -2.18. The van der Waals surface area contributed by atoms with E-state index < -0.39 is 23.2 Å². The highest BCUT2D eigenvalue weighted by Gasteiger charge is 2.13. The first-order chi connectivity index (χ1) is 13.8. The molecule has 3 N–H and O–H groups in total. The van der Waals surface area contributed by atoms with Crippen LogP contribution in [0.15, 0.2) is 52.3 Å². The zero-order valence-corrected chi connectivity index (χ0v) is 16.2. The number of aromatic carboxylic acids is 1. The summed E-state index contributed by atoms with van der Waals surface area (Å²) < 4.78 is 14.4. The van der Waals surface area contributed by atoms with E-state index in [9.17, 15) is 19.1 Å². The molecule has 148 valence electrons. The molecule has 0 saturated carbocycles. The molecule has 0 saturated heterocycles. The molecule has 3 aromatic rings. The van der Waals surface area contributed by atoms with Gasteiger partial charge in [-0.3, -0.25) is 19.3 Å². The van der Waals surface area contributed by atoms with Crippen molar-refractivity contribution in [1.82, 2.24) is 9.55 Å². The Morgan fingerprint density at radius 1 is 1.28 bits per heavy atom. The highest BCUT2D eigenvalue weighted by atomic mass is 35.5. The van der Waals surface area contributed by atoms with Crippen molar-refractivity contribution in [2.24, 2.45) is 4.99 Å². The summed E-state index contributed by atoms with van der Waals surface area (Å²) in [5.41, 5.74) is 0.310. The van der Waals surface area contributed by atoms with Crippen LogP contribution in [0.1, 0.15) is 21.5 Å². The first-order valence-corrected chi connectivity index (χ1v) is 8.92. The van der Waals surface area contributed by atoms with Crippen LogP contribution in [0.5, 0.6) is 5.88 Å². The largest absolute Gasteiger partial charge is 0.494 e. The number of nitrogens with zero attached hydrogens (tertiary/aromatic N) is 2. The number of carboxylic acid groups (broad SMARTS) is 1. The second-order valence-corrected chi connectivity index (χ2v) is 6.70. The second-order valence-electron chi connectivity index (χ2n) is 5.90. The number of H-pyrrole nitrogens is 1. The highest BCUT2D eigenvalue weighted by Crippen LogP contribution is 2.23. The smallest absolute Gasteiger partial charge is 0.335 e. The van der Waals surface area contributed by atoms with E-state index in [0.29, 0.717) is 5.56 Å². The van der Waals surface area contributed by atoms with E-state index in [1.165, 1.54) is 30.5 Å². The molecule has 3 rings (SSSR count). The van der Waals surface area contributed by atoms with Gasteiger partial charge in [0.2, 0.25) is 5.88 Å². The van der Waals surface area contributed by atoms with Gasteiger partial charge < -0.3 is 10.2 Å². The molecule has 2 aromatic carbocycles. The monoisotopic (exact) mass is 433 g/mol. The van der Waals surface area contributed by atoms with Gasteiger partial charge in [0.25, 0.3) is 5.56 Å². The standard InChI is InChI=1S/C19H13ClFN3O4S/c20-14-7-12(5-6-15(14)21)24-17(26)13(16(25)23-19(24)29)9-22-8-10-1-3-11(4-2-10)18(27)28/h1-7,9,26H,8H2,(H,27,28)(H,23,25,29). The van der Waals surface area contributed by atoms with Gasteiger partial charge in [-0.05, 0) is 48.1 Å². The van der Waals surface area contributed by atoms with Crippen molar-refractivity contribution in [2.45, 2.75) is 6.54 Å². The molecule has 0 fully saturated rings. The minimum absolute atomic E-state index is 0.100. The third-order valence-electron chi connectivity index (χ3n) is 3.98. The number of carboxylic acids is 1. The van der Waals surface area contributed by atoms with Gasteiger partial charge >= 0.3 is 5.97 Å². The van der Waals surface area contributed by atoms with Gasteiger partial charge in [-0.25, -0.2) is 9.18 Å². The van der Waals surface area contributed by atoms with Crippen LogP contribution < -0.4 is 5.56 Å². The molecule has 1 aromatic heterocycles. The maximum atomic E-state index is 13.4. The molecule has 0 spiro atoms. The third kappa shape index (κ3) is 4.41. The van der Waals surface area contributed by atoms with E-state index in [0.717, 1.165) is 10.6 Å². The van der Waals surface area contributed by atoms with E-state index >= 15 is 0 Å². The van der Waals surface area contributed by atoms with Crippen molar-refractivity contribution >= 4 is 36.0 Å². The predicted molar refractivity (Wildman–Crippen MR) is 109 cm³/mol. The Balaban J connectivity index is 1.94. The fourth-order valence-corrected chi connectivity index (χ4v) is 2.97. The van der Waals surface area contributed by atoms with E-state index in [2.05, 4.69) is 9.98 Å². The van der Waals surface area contributed by atoms with Gasteiger partial charge in [-0.2, -0.15) is 0 Å². The molecular weight excluding hydrogens is 421 g/mol. The van der Waals surface area contributed by atoms with Gasteiger partial charge in [0.05, 0.1) is 22.8 Å². The molecule has 0 bridgehead atoms. The molecule has 0 aliphatic carbocycles. The van der Waals surface area contributed by atoms with Crippen LogP contribution in [0.2, 0.25) is 5.02 Å². The molecule has 29 heavy (non-hydrogen) atoms. The van der Waals surface area contributed by atoms with E-state index in [1.54, 1.807) is 12.1 Å². The molecule has 0 aliphatic heterocycles. The number of benzene rings is 2. The van der Waals surface area contributed by atoms with Crippen LogP contribution in [0.3, 0.4) is 0 Å². The van der Waals surface area contributed by atoms with Crippen molar-refractivity contribution < 1.29 is 19.4 Å². The summed E-state index contributed by atoms with van der Waals surface area (Å²) in [6.45, 7) is 0.150. The topological polar surface area (TPSA) is 108 Å². The Bertz CT molecular complexity index is 1240. The molecule has 0 aliphatic rings. The van der Waals surface area contributed by atoms with Crippen molar-refractivity contribution in [1.29, 1.82) is 0 Å². The summed E-state index contributed by atoms with van der Waals surface area (Å²) in [5, 5.41) is 19.3. The van der Waals surface area contributed by atoms with Gasteiger partial charge in [-0.1, -0.05) is 23.7 Å². The van der Waals surface area contributed by atoms with Crippen LogP contribution in [-0.4, -0.2) is 31.9 Å². The number of aromatic amines is 1. The number of aromatic nitrogens is 2. The summed E-state index contributed by atoms with van der Waals surface area (Å²) in [6.07, 6.45) is 1.18. The summed E-state index contributed by atoms with van der Waals surface area (Å²) in [5.74, 6) is -2.15. The first-order valence-electron chi connectivity index (χ1n) is 8.13. The number of carbonyl (C=O) groups is 1. The number of halogens is 2. The van der Waals surface area contributed by atoms with Crippen LogP contribution in [0.25, 0.3) is 5.69 Å². The van der Waals surface area contributed by atoms with Gasteiger partial charge in [0.1, 0.15) is 11.4 Å². The molecule has 1 heterocycles. The number of rotatable bonds is 5. The Hall–Kier alpha value is -3.30. The quantitative estimate of drug-likeness (QED) is 0.420. The lowest BCUT2D eigenvalue weighted by atomic mass is 10.1. The molecule has 0 radical (unpaired) electrons.